The van der Waals surface area contributed by atoms with Gasteiger partial charge in [-0.25, -0.2) is 13.9 Å². The zero-order chi connectivity index (χ0) is 28.6. The van der Waals surface area contributed by atoms with Gasteiger partial charge in [-0.15, -0.1) is 0 Å². The number of carbonyl (C=O) groups excluding carboxylic acids is 1. The molecule has 3 aromatic rings. The van der Waals surface area contributed by atoms with Gasteiger partial charge in [0.15, 0.2) is 5.69 Å². The van der Waals surface area contributed by atoms with Gasteiger partial charge in [0.1, 0.15) is 12.0 Å². The molecule has 1 aromatic heterocycles. The van der Waals surface area contributed by atoms with Crippen LogP contribution < -0.4 is 15.5 Å². The van der Waals surface area contributed by atoms with Crippen LogP contribution in [0.5, 0.6) is 0 Å². The lowest BCUT2D eigenvalue weighted by atomic mass is 10.0. The Kier molecular flexibility index (Phi) is 7.45. The molecular weight excluding hydrogens is 526 g/mol. The first-order chi connectivity index (χ1) is 19.0. The minimum absolute atomic E-state index is 0.0556. The summed E-state index contributed by atoms with van der Waals surface area (Å²) in [4.78, 5) is 25.6. The van der Waals surface area contributed by atoms with E-state index in [0.29, 0.717) is 32.0 Å². The number of piperazine rings is 1. The summed E-state index contributed by atoms with van der Waals surface area (Å²) in [6.45, 7) is 6.69. The van der Waals surface area contributed by atoms with Gasteiger partial charge in [0.25, 0.3) is 11.7 Å². The Labute approximate surface area is 229 Å². The van der Waals surface area contributed by atoms with Crippen molar-refractivity contribution < 1.29 is 26.9 Å². The fourth-order valence-electron chi connectivity index (χ4n) is 4.83. The van der Waals surface area contributed by atoms with Crippen LogP contribution in [-0.4, -0.2) is 71.3 Å². The summed E-state index contributed by atoms with van der Waals surface area (Å²) in [5.74, 6) is -0.0307. The molecule has 0 bridgehead atoms. The van der Waals surface area contributed by atoms with Crippen molar-refractivity contribution in [2.75, 3.05) is 55.3 Å². The van der Waals surface area contributed by atoms with E-state index in [0.717, 1.165) is 24.1 Å². The van der Waals surface area contributed by atoms with Gasteiger partial charge in [0, 0.05) is 48.7 Å². The molecule has 0 radical (unpaired) electrons. The Bertz CT molecular complexity index is 1470. The molecule has 2 aromatic carbocycles. The minimum atomic E-state index is -4.63. The zero-order valence-electron chi connectivity index (χ0n) is 22.4. The summed E-state index contributed by atoms with van der Waals surface area (Å²) >= 11 is 0. The fraction of sp³-hybridized carbons (Fsp3) is 0.357. The maximum atomic E-state index is 14.7. The number of halogens is 4. The normalized spacial score (nSPS) is 16.1. The molecule has 1 fully saturated rings. The lowest BCUT2D eigenvalue weighted by molar-refractivity contribution is -0.447. The first-order valence-electron chi connectivity index (χ1n) is 13.0. The number of carbonyl (C=O) groups is 1. The number of aromatic nitrogens is 2. The summed E-state index contributed by atoms with van der Waals surface area (Å²) in [5, 5.41) is 5.73. The standard InChI is InChI=1S/C28H29F4N7O/c1-4-38-16-23-26(38)36-25(15-33-23)34-17(2)20-14-19(6-7-22(20)29)35-27(40)18-5-8-24(21(13-18)28(30,31)32)39-11-9-37(3)10-12-39/h5-8,13-17H,4,9-12H2,1-3H3,(H,35,40)/p+1. The van der Waals surface area contributed by atoms with Crippen LogP contribution in [0.25, 0.3) is 0 Å². The van der Waals surface area contributed by atoms with Crippen molar-refractivity contribution in [3.8, 4) is 0 Å². The molecule has 1 amide bonds. The Balaban J connectivity index is 1.33. The minimum Gasteiger partial charge on any atom is -0.368 e. The molecule has 12 heteroatoms. The molecule has 0 aliphatic carbocycles. The lowest BCUT2D eigenvalue weighted by Crippen LogP contribution is -2.45. The Morgan fingerprint density at radius 1 is 1.12 bits per heavy atom. The molecule has 2 aliphatic heterocycles. The fourth-order valence-corrected chi connectivity index (χ4v) is 4.83. The van der Waals surface area contributed by atoms with Gasteiger partial charge in [-0.05, 0) is 62.3 Å². The van der Waals surface area contributed by atoms with Gasteiger partial charge in [0.2, 0.25) is 0 Å². The van der Waals surface area contributed by atoms with Crippen molar-refractivity contribution in [3.63, 3.8) is 0 Å². The Morgan fingerprint density at radius 2 is 1.88 bits per heavy atom. The van der Waals surface area contributed by atoms with Gasteiger partial charge >= 0.3 is 12.0 Å². The van der Waals surface area contributed by atoms with Crippen molar-refractivity contribution in [2.24, 2.45) is 0 Å². The molecule has 3 heterocycles. The summed E-state index contributed by atoms with van der Waals surface area (Å²) in [6.07, 6.45) is -1.18. The molecule has 0 spiro atoms. The molecule has 5 rings (SSSR count). The van der Waals surface area contributed by atoms with Gasteiger partial charge in [-0.1, -0.05) is 0 Å². The number of benzene rings is 2. The summed E-state index contributed by atoms with van der Waals surface area (Å²) in [7, 11) is 1.92. The number of nitrogens with one attached hydrogen (secondary N) is 2. The molecule has 1 atom stereocenters. The van der Waals surface area contributed by atoms with Crippen molar-refractivity contribution in [3.05, 3.63) is 70.8 Å². The van der Waals surface area contributed by atoms with E-state index in [1.54, 1.807) is 18.0 Å². The molecule has 40 heavy (non-hydrogen) atoms. The topological polar surface area (TPSA) is 76.4 Å². The number of nitrogens with zero attached hydrogens (tertiary/aromatic N) is 5. The lowest BCUT2D eigenvalue weighted by Gasteiger charge is -2.35. The van der Waals surface area contributed by atoms with Crippen molar-refractivity contribution in [1.29, 1.82) is 0 Å². The first-order valence-corrected chi connectivity index (χ1v) is 13.0. The van der Waals surface area contributed by atoms with E-state index in [9.17, 15) is 22.4 Å². The number of likely N-dealkylation sites (N-methyl/N-ethyl adjacent to an activating group) is 1. The van der Waals surface area contributed by atoms with Crippen LogP contribution in [-0.2, 0) is 6.18 Å². The van der Waals surface area contributed by atoms with Crippen LogP contribution in [0.15, 0.2) is 42.6 Å². The second-order valence-corrected chi connectivity index (χ2v) is 9.96. The van der Waals surface area contributed by atoms with E-state index in [1.165, 1.54) is 30.3 Å². The monoisotopic (exact) mass is 556 g/mol. The number of fused-ring (bicyclic) bond motifs is 1. The molecule has 2 N–H and O–H groups in total. The average Bonchev–Trinajstić information content (AvgIpc) is 2.91. The third kappa shape index (κ3) is 5.62. The average molecular weight is 557 g/mol. The Morgan fingerprint density at radius 3 is 2.58 bits per heavy atom. The number of hydrogen-bond donors (Lipinski definition) is 2. The first kappa shape index (κ1) is 27.5. The summed E-state index contributed by atoms with van der Waals surface area (Å²) < 4.78 is 58.6. The molecule has 8 nitrogen and oxygen atoms in total. The van der Waals surface area contributed by atoms with E-state index < -0.39 is 29.5 Å². The number of amides is 1. The number of hydrogen-bond acceptors (Lipinski definition) is 6. The maximum Gasteiger partial charge on any atom is 0.418 e. The molecule has 0 saturated carbocycles. The van der Waals surface area contributed by atoms with Crippen LogP contribution in [0.4, 0.5) is 40.6 Å². The highest BCUT2D eigenvalue weighted by atomic mass is 19.4. The number of anilines is 3. The van der Waals surface area contributed by atoms with E-state index in [1.807, 2.05) is 24.8 Å². The van der Waals surface area contributed by atoms with Crippen molar-refractivity contribution >= 4 is 35.1 Å². The smallest absolute Gasteiger partial charge is 0.368 e. The third-order valence-corrected chi connectivity index (χ3v) is 7.17. The second kappa shape index (κ2) is 10.8. The molecule has 1 saturated heterocycles. The second-order valence-electron chi connectivity index (χ2n) is 9.96. The van der Waals surface area contributed by atoms with Crippen molar-refractivity contribution in [2.45, 2.75) is 26.1 Å². The van der Waals surface area contributed by atoms with Gasteiger partial charge in [-0.2, -0.15) is 13.2 Å². The van der Waals surface area contributed by atoms with E-state index in [2.05, 4.69) is 25.5 Å². The van der Waals surface area contributed by atoms with E-state index in [-0.39, 0.29) is 22.5 Å². The number of alkyl halides is 3. The third-order valence-electron chi connectivity index (χ3n) is 7.17. The highest BCUT2D eigenvalue weighted by molar-refractivity contribution is 6.04. The summed E-state index contributed by atoms with van der Waals surface area (Å²) in [5.41, 5.74) is 0.337. The highest BCUT2D eigenvalue weighted by Gasteiger charge is 2.36. The van der Waals surface area contributed by atoms with Crippen LogP contribution in [0.1, 0.15) is 47.1 Å². The van der Waals surface area contributed by atoms with Crippen molar-refractivity contribution in [1.82, 2.24) is 14.9 Å². The van der Waals surface area contributed by atoms with Gasteiger partial charge in [0.05, 0.1) is 24.3 Å². The molecule has 2 aliphatic rings. The van der Waals surface area contributed by atoms with Crippen LogP contribution in [0, 0.1) is 5.82 Å². The maximum absolute atomic E-state index is 14.7. The molecule has 210 valence electrons. The van der Waals surface area contributed by atoms with Gasteiger partial charge in [-0.3, -0.25) is 4.79 Å². The number of rotatable bonds is 7. The van der Waals surface area contributed by atoms with Crippen LogP contribution in [0.2, 0.25) is 0 Å². The SMILES string of the molecule is CC[N+]1=Cc2ncc(NC(C)c3cc(NC(=O)c4ccc(N5CCN(C)CC5)c(C(F)(F)F)c4)ccc3F)nc21. The molecular formula is C28H30F4N7O+. The Hall–Kier alpha value is -4.06. The van der Waals surface area contributed by atoms with Crippen LogP contribution >= 0.6 is 0 Å². The predicted molar refractivity (Wildman–Crippen MR) is 145 cm³/mol. The largest absolute Gasteiger partial charge is 0.418 e. The summed E-state index contributed by atoms with van der Waals surface area (Å²) in [6, 6.07) is 7.09. The zero-order valence-corrected chi connectivity index (χ0v) is 22.4. The quantitative estimate of drug-likeness (QED) is 0.318. The highest BCUT2D eigenvalue weighted by Crippen LogP contribution is 2.38. The van der Waals surface area contributed by atoms with E-state index >= 15 is 0 Å². The van der Waals surface area contributed by atoms with E-state index in [4.69, 9.17) is 0 Å². The molecule has 1 unspecified atom stereocenters. The predicted octanol–water partition coefficient (Wildman–Crippen LogP) is 4.91. The van der Waals surface area contributed by atoms with Gasteiger partial charge < -0.3 is 20.4 Å². The van der Waals surface area contributed by atoms with Crippen LogP contribution in [0.3, 0.4) is 0 Å².